The Labute approximate surface area is 244 Å². The molecule has 1 heterocycles. The van der Waals surface area contributed by atoms with Crippen molar-refractivity contribution in [2.24, 2.45) is 5.11 Å². The number of nitrogens with zero attached hydrogens (tertiary/aromatic N) is 4. The minimum Gasteiger partial charge on any atom is -0.444 e. The molecule has 0 spiro atoms. The highest BCUT2D eigenvalue weighted by Gasteiger charge is 2.15. The lowest BCUT2D eigenvalue weighted by molar-refractivity contribution is -0.117. The second-order valence-corrected chi connectivity index (χ2v) is 10.1. The number of carbonyl (C=O) groups is 2. The maximum atomic E-state index is 12.3. The third-order valence-corrected chi connectivity index (χ3v) is 5.54. The number of hydrogen-bond donors (Lipinski definition) is 2. The van der Waals surface area contributed by atoms with E-state index in [1.807, 2.05) is 24.3 Å². The van der Waals surface area contributed by atoms with Crippen LogP contribution >= 0.6 is 0 Å². The number of nitrogens with one attached hydrogen (secondary N) is 2. The molecule has 0 saturated carbocycles. The maximum absolute atomic E-state index is 12.3. The van der Waals surface area contributed by atoms with Gasteiger partial charge in [0.25, 0.3) is 0 Å². The predicted octanol–water partition coefficient (Wildman–Crippen LogP) is 5.25. The van der Waals surface area contributed by atoms with E-state index in [0.29, 0.717) is 69.7 Å². The summed E-state index contributed by atoms with van der Waals surface area (Å²) in [5.41, 5.74) is 10.7. The van der Waals surface area contributed by atoms with Gasteiger partial charge in [-0.2, -0.15) is 0 Å². The van der Waals surface area contributed by atoms with E-state index in [2.05, 4.69) is 25.6 Å². The van der Waals surface area contributed by atoms with Gasteiger partial charge >= 0.3 is 6.09 Å². The van der Waals surface area contributed by atoms with Gasteiger partial charge in [0.1, 0.15) is 5.60 Å². The van der Waals surface area contributed by atoms with Crippen LogP contribution in [-0.2, 0) is 28.5 Å². The van der Waals surface area contributed by atoms with Crippen molar-refractivity contribution in [3.05, 3.63) is 52.9 Å². The Bertz CT molecular complexity index is 1370. The lowest BCUT2D eigenvalue weighted by atomic mass is 10.1. The first-order valence-electron chi connectivity index (χ1n) is 13.7. The molecular formula is C29H38N6O7. The Morgan fingerprint density at radius 3 is 2.07 bits per heavy atom. The molecule has 0 saturated heterocycles. The second kappa shape index (κ2) is 17.1. The number of anilines is 1. The van der Waals surface area contributed by atoms with Crippen LogP contribution < -0.4 is 10.6 Å². The average Bonchev–Trinajstić information content (AvgIpc) is 2.93. The average molecular weight is 583 g/mol. The van der Waals surface area contributed by atoms with Crippen LogP contribution in [0.15, 0.2) is 47.6 Å². The van der Waals surface area contributed by atoms with Crippen molar-refractivity contribution in [1.82, 2.24) is 10.3 Å². The predicted molar refractivity (Wildman–Crippen MR) is 159 cm³/mol. The fourth-order valence-corrected chi connectivity index (χ4v) is 3.69. The lowest BCUT2D eigenvalue weighted by Crippen LogP contribution is -2.34. The first-order chi connectivity index (χ1) is 20.2. The highest BCUT2D eigenvalue weighted by atomic mass is 16.6. The van der Waals surface area contributed by atoms with Crippen LogP contribution in [0.4, 0.5) is 16.2 Å². The SMILES string of the molecule is CC(C)(C)OC(=O)NCCOCCOCCOCCOCCC(=O)Nc1ccc2cc3ccc(N=[N+]=[N-])cc3nc2c1. The number of rotatable bonds is 17. The summed E-state index contributed by atoms with van der Waals surface area (Å²) in [7, 11) is 0. The van der Waals surface area contributed by atoms with E-state index in [1.165, 1.54) is 0 Å². The van der Waals surface area contributed by atoms with Crippen molar-refractivity contribution in [3.8, 4) is 0 Å². The molecule has 3 aromatic rings. The third kappa shape index (κ3) is 12.2. The molecule has 0 fully saturated rings. The molecule has 0 radical (unpaired) electrons. The Morgan fingerprint density at radius 2 is 1.43 bits per heavy atom. The molecule has 0 bridgehead atoms. The number of hydrogen-bond acceptors (Lipinski definition) is 9. The van der Waals surface area contributed by atoms with Gasteiger partial charge in [-0.05, 0) is 50.6 Å². The minimum absolute atomic E-state index is 0.169. The molecule has 226 valence electrons. The van der Waals surface area contributed by atoms with Gasteiger partial charge in [0.2, 0.25) is 5.91 Å². The molecule has 42 heavy (non-hydrogen) atoms. The zero-order valence-electron chi connectivity index (χ0n) is 24.3. The first kappa shape index (κ1) is 32.5. The molecule has 13 nitrogen and oxygen atoms in total. The van der Waals surface area contributed by atoms with Crippen molar-refractivity contribution in [3.63, 3.8) is 0 Å². The van der Waals surface area contributed by atoms with E-state index in [-0.39, 0.29) is 18.9 Å². The summed E-state index contributed by atoms with van der Waals surface area (Å²) in [5, 5.41) is 11.0. The van der Waals surface area contributed by atoms with Crippen molar-refractivity contribution in [1.29, 1.82) is 0 Å². The zero-order chi connectivity index (χ0) is 30.2. The third-order valence-electron chi connectivity index (χ3n) is 5.54. The number of ether oxygens (including phenoxy) is 5. The molecular weight excluding hydrogens is 544 g/mol. The van der Waals surface area contributed by atoms with Crippen LogP contribution in [0, 0.1) is 0 Å². The molecule has 2 N–H and O–H groups in total. The summed E-state index contributed by atoms with van der Waals surface area (Å²) in [6.07, 6.45) is -0.264. The van der Waals surface area contributed by atoms with E-state index in [0.717, 1.165) is 16.3 Å². The van der Waals surface area contributed by atoms with Crippen LogP contribution in [0.2, 0.25) is 0 Å². The van der Waals surface area contributed by atoms with Crippen LogP contribution in [0.3, 0.4) is 0 Å². The molecule has 1 aromatic heterocycles. The number of amides is 2. The van der Waals surface area contributed by atoms with Gasteiger partial charge in [0.05, 0.1) is 70.3 Å². The smallest absolute Gasteiger partial charge is 0.407 e. The number of benzene rings is 2. The van der Waals surface area contributed by atoms with Crippen molar-refractivity contribution in [2.45, 2.75) is 32.8 Å². The van der Waals surface area contributed by atoms with Crippen LogP contribution in [-0.4, -0.2) is 82.0 Å². The molecule has 0 aliphatic rings. The molecule has 0 unspecified atom stereocenters. The van der Waals surface area contributed by atoms with E-state index >= 15 is 0 Å². The number of carbonyl (C=O) groups excluding carboxylic acids is 2. The second-order valence-electron chi connectivity index (χ2n) is 10.1. The van der Waals surface area contributed by atoms with Gasteiger partial charge < -0.3 is 34.3 Å². The highest BCUT2D eigenvalue weighted by Crippen LogP contribution is 2.25. The van der Waals surface area contributed by atoms with Crippen LogP contribution in [0.5, 0.6) is 0 Å². The number of fused-ring (bicyclic) bond motifs is 2. The van der Waals surface area contributed by atoms with Gasteiger partial charge in [0.15, 0.2) is 0 Å². The molecule has 0 atom stereocenters. The minimum atomic E-state index is -0.525. The van der Waals surface area contributed by atoms with Gasteiger partial charge in [-0.1, -0.05) is 23.3 Å². The molecule has 2 amide bonds. The number of aromatic nitrogens is 1. The number of pyridine rings is 1. The van der Waals surface area contributed by atoms with Crippen molar-refractivity contribution >= 4 is 45.2 Å². The molecule has 0 aliphatic heterocycles. The molecule has 2 aromatic carbocycles. The zero-order valence-corrected chi connectivity index (χ0v) is 24.3. The quantitative estimate of drug-likeness (QED) is 0.0716. The van der Waals surface area contributed by atoms with Crippen molar-refractivity contribution < 1.29 is 33.3 Å². The van der Waals surface area contributed by atoms with Gasteiger partial charge in [-0.3, -0.25) is 4.79 Å². The monoisotopic (exact) mass is 582 g/mol. The Balaban J connectivity index is 1.19. The van der Waals surface area contributed by atoms with Crippen LogP contribution in [0.1, 0.15) is 27.2 Å². The van der Waals surface area contributed by atoms with E-state index < -0.39 is 11.7 Å². The van der Waals surface area contributed by atoms with Crippen LogP contribution in [0.25, 0.3) is 32.2 Å². The summed E-state index contributed by atoms with van der Waals surface area (Å²) >= 11 is 0. The Morgan fingerprint density at radius 1 is 0.833 bits per heavy atom. The first-order valence-corrected chi connectivity index (χ1v) is 13.7. The topological polar surface area (TPSA) is 166 Å². The highest BCUT2D eigenvalue weighted by molar-refractivity contribution is 5.97. The normalized spacial score (nSPS) is 11.3. The molecule has 3 rings (SSSR count). The lowest BCUT2D eigenvalue weighted by Gasteiger charge is -2.19. The van der Waals surface area contributed by atoms with E-state index in [1.54, 1.807) is 39.0 Å². The Hall–Kier alpha value is -4.00. The summed E-state index contributed by atoms with van der Waals surface area (Å²) in [4.78, 5) is 31.3. The molecule has 0 aliphatic carbocycles. The van der Waals surface area contributed by atoms with E-state index in [4.69, 9.17) is 29.2 Å². The summed E-state index contributed by atoms with van der Waals surface area (Å²) in [5.74, 6) is -0.169. The largest absolute Gasteiger partial charge is 0.444 e. The maximum Gasteiger partial charge on any atom is 0.407 e. The van der Waals surface area contributed by atoms with Gasteiger partial charge in [-0.25, -0.2) is 9.78 Å². The summed E-state index contributed by atoms with van der Waals surface area (Å²) in [6, 6.07) is 12.9. The number of alkyl carbamates (subject to hydrolysis) is 1. The fourth-order valence-electron chi connectivity index (χ4n) is 3.69. The summed E-state index contributed by atoms with van der Waals surface area (Å²) in [6.45, 7) is 8.85. The Kier molecular flexibility index (Phi) is 13.2. The van der Waals surface area contributed by atoms with E-state index in [9.17, 15) is 9.59 Å². The standard InChI is InChI=1S/C29H38N6O7/c1-29(2,3)42-28(37)31-9-11-39-13-15-41-17-16-40-14-12-38-10-8-27(36)32-23-6-4-21-18-22-5-7-24(34-35-30)20-26(22)33-25(21)19-23/h4-7,18-20H,8-17H2,1-3H3,(H,31,37)(H,32,36). The van der Waals surface area contributed by atoms with Gasteiger partial charge in [0, 0.05) is 33.6 Å². The molecule has 13 heteroatoms. The van der Waals surface area contributed by atoms with Gasteiger partial charge in [-0.15, -0.1) is 0 Å². The summed E-state index contributed by atoms with van der Waals surface area (Å²) < 4.78 is 26.9. The number of azide groups is 1. The fraction of sp³-hybridized carbons (Fsp3) is 0.483. The van der Waals surface area contributed by atoms with Crippen molar-refractivity contribution in [2.75, 3.05) is 64.7 Å².